The predicted octanol–water partition coefficient (Wildman–Crippen LogP) is 5.45. The van der Waals surface area contributed by atoms with E-state index in [2.05, 4.69) is 17.6 Å². The second-order valence-electron chi connectivity index (χ2n) is 7.78. The van der Waals surface area contributed by atoms with Crippen molar-refractivity contribution in [1.29, 1.82) is 5.26 Å². The molecule has 1 aliphatic heterocycles. The van der Waals surface area contributed by atoms with Crippen LogP contribution in [0.4, 0.5) is 4.79 Å². The Morgan fingerprint density at radius 1 is 1.31 bits per heavy atom. The number of carbonyl (C=O) groups is 1. The van der Waals surface area contributed by atoms with Crippen molar-refractivity contribution in [2.24, 2.45) is 0 Å². The van der Waals surface area contributed by atoms with Gasteiger partial charge in [0.2, 0.25) is 0 Å². The molecule has 166 valence electrons. The predicted molar refractivity (Wildman–Crippen MR) is 122 cm³/mol. The summed E-state index contributed by atoms with van der Waals surface area (Å²) in [5, 5.41) is 9.88. The monoisotopic (exact) mass is 452 g/mol. The molecule has 0 N–H and O–H groups in total. The van der Waals surface area contributed by atoms with Crippen LogP contribution in [0.25, 0.3) is 11.0 Å². The van der Waals surface area contributed by atoms with Crippen LogP contribution in [0.1, 0.15) is 49.7 Å². The number of hydrogen-bond donors (Lipinski definition) is 0. The number of amides is 1. The van der Waals surface area contributed by atoms with Gasteiger partial charge in [-0.15, -0.1) is 0 Å². The highest BCUT2D eigenvalue weighted by Crippen LogP contribution is 2.33. The van der Waals surface area contributed by atoms with Crippen molar-refractivity contribution in [2.45, 2.75) is 45.9 Å². The molecule has 8 heteroatoms. The average molecular weight is 453 g/mol. The van der Waals surface area contributed by atoms with Crippen LogP contribution in [-0.2, 0) is 17.9 Å². The van der Waals surface area contributed by atoms with E-state index in [1.54, 1.807) is 23.1 Å². The zero-order valence-electron chi connectivity index (χ0n) is 18.2. The fraction of sp³-hybridized carbons (Fsp3) is 0.375. The molecule has 0 spiro atoms. The maximum absolute atomic E-state index is 12.5. The third kappa shape index (κ3) is 4.23. The summed E-state index contributed by atoms with van der Waals surface area (Å²) in [5.41, 5.74) is 2.94. The molecule has 0 saturated heterocycles. The van der Waals surface area contributed by atoms with Crippen LogP contribution in [0.2, 0.25) is 5.02 Å². The molecule has 0 radical (unpaired) electrons. The molecule has 0 unspecified atom stereocenters. The molecule has 0 saturated carbocycles. The second-order valence-corrected chi connectivity index (χ2v) is 8.22. The van der Waals surface area contributed by atoms with E-state index in [9.17, 15) is 10.1 Å². The lowest BCUT2D eigenvalue weighted by Gasteiger charge is -2.33. The first-order valence-electron chi connectivity index (χ1n) is 10.8. The van der Waals surface area contributed by atoms with Crippen molar-refractivity contribution in [3.8, 4) is 11.8 Å². The zero-order valence-corrected chi connectivity index (χ0v) is 18.9. The van der Waals surface area contributed by atoms with E-state index in [1.165, 1.54) is 0 Å². The number of benzene rings is 2. The summed E-state index contributed by atoms with van der Waals surface area (Å²) < 4.78 is 13.6. The smallest absolute Gasteiger partial charge is 0.410 e. The molecule has 32 heavy (non-hydrogen) atoms. The minimum absolute atomic E-state index is 0.209. The largest absolute Gasteiger partial charge is 0.487 e. The van der Waals surface area contributed by atoms with Crippen molar-refractivity contribution in [3.63, 3.8) is 0 Å². The third-order valence-electron chi connectivity index (χ3n) is 5.71. The molecular formula is C24H25ClN4O3. The van der Waals surface area contributed by atoms with Gasteiger partial charge in [0.05, 0.1) is 29.8 Å². The minimum Gasteiger partial charge on any atom is -0.487 e. The van der Waals surface area contributed by atoms with Crippen LogP contribution < -0.4 is 4.74 Å². The molecule has 1 atom stereocenters. The minimum atomic E-state index is -0.299. The summed E-state index contributed by atoms with van der Waals surface area (Å²) in [6.07, 6.45) is 1.54. The molecule has 2 heterocycles. The molecule has 3 aromatic rings. The van der Waals surface area contributed by atoms with Crippen LogP contribution in [0.3, 0.4) is 0 Å². The fourth-order valence-corrected chi connectivity index (χ4v) is 4.09. The third-order valence-corrected chi connectivity index (χ3v) is 5.95. The van der Waals surface area contributed by atoms with Crippen LogP contribution >= 0.6 is 11.6 Å². The van der Waals surface area contributed by atoms with Gasteiger partial charge < -0.3 is 14.0 Å². The number of carbonyl (C=O) groups excluding carboxylic acids is 1. The fourth-order valence-electron chi connectivity index (χ4n) is 3.92. The Labute approximate surface area is 192 Å². The standard InChI is InChI=1S/C24H25ClN4O3/c1-3-4-12-31-24(30)28-10-11-29-20-6-5-7-21(22(20)27-23(29)16(28)2)32-15-17-8-9-19(25)13-18(17)14-26/h5-9,13,16H,3-4,10-12,15H2,1-2H3/t16-/m0/s1. The Morgan fingerprint density at radius 3 is 2.94 bits per heavy atom. The van der Waals surface area contributed by atoms with E-state index >= 15 is 0 Å². The van der Waals surface area contributed by atoms with Crippen LogP contribution in [0.15, 0.2) is 36.4 Å². The van der Waals surface area contributed by atoms with Gasteiger partial charge >= 0.3 is 6.09 Å². The Hall–Kier alpha value is -3.24. The zero-order chi connectivity index (χ0) is 22.7. The number of nitriles is 1. The lowest BCUT2D eigenvalue weighted by Crippen LogP contribution is -2.41. The molecule has 1 aliphatic rings. The van der Waals surface area contributed by atoms with Gasteiger partial charge in [-0.3, -0.25) is 4.90 Å². The van der Waals surface area contributed by atoms with Gasteiger partial charge in [0.15, 0.2) is 0 Å². The molecule has 0 bridgehead atoms. The van der Waals surface area contributed by atoms with Gasteiger partial charge in [-0.2, -0.15) is 5.26 Å². The molecule has 1 amide bonds. The van der Waals surface area contributed by atoms with E-state index in [4.69, 9.17) is 26.1 Å². The molecule has 0 aliphatic carbocycles. The van der Waals surface area contributed by atoms with Gasteiger partial charge in [-0.25, -0.2) is 9.78 Å². The first kappa shape index (κ1) is 22.0. The van der Waals surface area contributed by atoms with Gasteiger partial charge in [0, 0.05) is 23.7 Å². The van der Waals surface area contributed by atoms with E-state index < -0.39 is 0 Å². The number of aromatic nitrogens is 2. The van der Waals surface area contributed by atoms with Crippen molar-refractivity contribution in [2.75, 3.05) is 13.2 Å². The summed E-state index contributed by atoms with van der Waals surface area (Å²) in [6.45, 7) is 5.89. The Kier molecular flexibility index (Phi) is 6.52. The van der Waals surface area contributed by atoms with Gasteiger partial charge in [-0.05, 0) is 37.6 Å². The lowest BCUT2D eigenvalue weighted by atomic mass is 10.1. The number of unbranched alkanes of at least 4 members (excludes halogenated alkanes) is 1. The number of rotatable bonds is 6. The summed E-state index contributed by atoms with van der Waals surface area (Å²) in [5.74, 6) is 1.44. The van der Waals surface area contributed by atoms with Gasteiger partial charge in [0.1, 0.15) is 23.7 Å². The molecule has 0 fully saturated rings. The first-order chi connectivity index (χ1) is 15.5. The topological polar surface area (TPSA) is 80.4 Å². The molecule has 2 aromatic carbocycles. The number of ether oxygens (including phenoxy) is 2. The average Bonchev–Trinajstić information content (AvgIpc) is 3.19. The van der Waals surface area contributed by atoms with E-state index in [1.807, 2.05) is 25.1 Å². The highest BCUT2D eigenvalue weighted by atomic mass is 35.5. The maximum atomic E-state index is 12.5. The Morgan fingerprint density at radius 2 is 2.16 bits per heavy atom. The van der Waals surface area contributed by atoms with Crippen molar-refractivity contribution in [3.05, 3.63) is 58.4 Å². The lowest BCUT2D eigenvalue weighted by molar-refractivity contribution is 0.0774. The number of fused-ring (bicyclic) bond motifs is 3. The summed E-state index contributed by atoms with van der Waals surface area (Å²) in [6, 6.07) is 12.9. The number of hydrogen-bond acceptors (Lipinski definition) is 5. The van der Waals surface area contributed by atoms with E-state index in [-0.39, 0.29) is 18.7 Å². The maximum Gasteiger partial charge on any atom is 0.410 e. The highest BCUT2D eigenvalue weighted by molar-refractivity contribution is 6.30. The van der Waals surface area contributed by atoms with E-state index in [0.29, 0.717) is 36.0 Å². The second kappa shape index (κ2) is 9.49. The molecule has 4 rings (SSSR count). The van der Waals surface area contributed by atoms with Crippen molar-refractivity contribution < 1.29 is 14.3 Å². The van der Waals surface area contributed by atoms with E-state index in [0.717, 1.165) is 35.3 Å². The number of halogens is 1. The van der Waals surface area contributed by atoms with Crippen LogP contribution in [0.5, 0.6) is 5.75 Å². The summed E-state index contributed by atoms with van der Waals surface area (Å²) in [4.78, 5) is 19.1. The summed E-state index contributed by atoms with van der Waals surface area (Å²) in [7, 11) is 0. The molecule has 7 nitrogen and oxygen atoms in total. The number of para-hydroxylation sites is 1. The van der Waals surface area contributed by atoms with Crippen molar-refractivity contribution >= 4 is 28.7 Å². The SMILES string of the molecule is CCCCOC(=O)N1CCn2c(nc3c(OCc4ccc(Cl)cc4C#N)cccc32)[C@@H]1C. The number of imidazole rings is 1. The van der Waals surface area contributed by atoms with Crippen LogP contribution in [-0.4, -0.2) is 33.7 Å². The number of nitrogens with zero attached hydrogens (tertiary/aromatic N) is 4. The Balaban J connectivity index is 1.57. The molecule has 1 aromatic heterocycles. The van der Waals surface area contributed by atoms with Gasteiger partial charge in [-0.1, -0.05) is 37.1 Å². The molecular weight excluding hydrogens is 428 g/mol. The summed E-state index contributed by atoms with van der Waals surface area (Å²) >= 11 is 5.99. The highest BCUT2D eigenvalue weighted by Gasteiger charge is 2.32. The first-order valence-corrected chi connectivity index (χ1v) is 11.1. The quantitative estimate of drug-likeness (QED) is 0.464. The Bertz CT molecular complexity index is 1180. The normalized spacial score (nSPS) is 15.3. The van der Waals surface area contributed by atoms with Crippen LogP contribution in [0, 0.1) is 11.3 Å². The van der Waals surface area contributed by atoms with Crippen molar-refractivity contribution in [1.82, 2.24) is 14.5 Å². The van der Waals surface area contributed by atoms with Gasteiger partial charge in [0.25, 0.3) is 0 Å².